The van der Waals surface area contributed by atoms with Crippen LogP contribution in [0.3, 0.4) is 0 Å². The van der Waals surface area contributed by atoms with E-state index < -0.39 is 0 Å². The van der Waals surface area contributed by atoms with Crippen LogP contribution in [0.5, 0.6) is 0 Å². The van der Waals surface area contributed by atoms with Crippen molar-refractivity contribution in [1.82, 2.24) is 20.4 Å². The fourth-order valence-corrected chi connectivity index (χ4v) is 3.97. The molecule has 0 unspecified atom stereocenters. The van der Waals surface area contributed by atoms with Gasteiger partial charge in [0.25, 0.3) is 0 Å². The Morgan fingerprint density at radius 3 is 2.83 bits per heavy atom. The average Bonchev–Trinajstić information content (AvgIpc) is 3.22. The number of aromatic amines is 1. The molecule has 2 N–H and O–H groups in total. The van der Waals surface area contributed by atoms with Gasteiger partial charge in [0, 0.05) is 48.3 Å². The van der Waals surface area contributed by atoms with Crippen molar-refractivity contribution in [2.24, 2.45) is 5.92 Å². The van der Waals surface area contributed by atoms with Gasteiger partial charge in [0.1, 0.15) is 0 Å². The predicted molar refractivity (Wildman–Crippen MR) is 92.5 cm³/mol. The number of nitrogens with zero attached hydrogens (tertiary/aromatic N) is 2. The van der Waals surface area contributed by atoms with Crippen LogP contribution < -0.4 is 5.32 Å². The van der Waals surface area contributed by atoms with Gasteiger partial charge in [0.15, 0.2) is 0 Å². The minimum Gasteiger partial charge on any atom is -0.381 e. The molecule has 5 nitrogen and oxygen atoms in total. The van der Waals surface area contributed by atoms with E-state index in [0.717, 1.165) is 26.3 Å². The Morgan fingerprint density at radius 2 is 2.17 bits per heavy atom. The number of ether oxygens (including phenoxy) is 1. The maximum absolute atomic E-state index is 5.64. The second kappa shape index (κ2) is 7.32. The number of nitrogens with one attached hydrogen (secondary N) is 2. The van der Waals surface area contributed by atoms with Gasteiger partial charge in [-0.3, -0.25) is 10.00 Å². The SMILES string of the molecule is CC(C)(C)c1[nH]ncc1CNC[C@@H]([C@H]1CCOC1)N1CCCC1. The molecule has 1 aromatic rings. The van der Waals surface area contributed by atoms with Crippen molar-refractivity contribution in [3.05, 3.63) is 17.5 Å². The first-order valence-electron chi connectivity index (χ1n) is 9.11. The second-order valence-corrected chi connectivity index (χ2v) is 8.09. The van der Waals surface area contributed by atoms with Gasteiger partial charge in [-0.25, -0.2) is 0 Å². The normalized spacial score (nSPS) is 24.4. The standard InChI is InChI=1S/C18H32N4O/c1-18(2,3)17-15(11-20-21-17)10-19-12-16(14-6-9-23-13-14)22-7-4-5-8-22/h11,14,16,19H,4-10,12-13H2,1-3H3,(H,20,21)/t14-,16-/m0/s1. The first-order valence-corrected chi connectivity index (χ1v) is 9.11. The molecule has 2 atom stereocenters. The zero-order valence-corrected chi connectivity index (χ0v) is 14.9. The Labute approximate surface area is 140 Å². The van der Waals surface area contributed by atoms with Crippen molar-refractivity contribution in [2.75, 3.05) is 32.8 Å². The fourth-order valence-electron chi connectivity index (χ4n) is 3.97. The van der Waals surface area contributed by atoms with Gasteiger partial charge in [-0.15, -0.1) is 0 Å². The number of hydrogen-bond acceptors (Lipinski definition) is 4. The lowest BCUT2D eigenvalue weighted by Crippen LogP contribution is -2.46. The molecule has 0 amide bonds. The molecule has 5 heteroatoms. The Bertz CT molecular complexity index is 465. The molecule has 2 fully saturated rings. The summed E-state index contributed by atoms with van der Waals surface area (Å²) in [4.78, 5) is 2.67. The van der Waals surface area contributed by atoms with Gasteiger partial charge < -0.3 is 10.1 Å². The minimum absolute atomic E-state index is 0.112. The van der Waals surface area contributed by atoms with Crippen molar-refractivity contribution in [1.29, 1.82) is 0 Å². The van der Waals surface area contributed by atoms with Gasteiger partial charge in [0.05, 0.1) is 12.8 Å². The molecule has 0 radical (unpaired) electrons. The maximum atomic E-state index is 5.64. The number of H-pyrrole nitrogens is 1. The monoisotopic (exact) mass is 320 g/mol. The number of hydrogen-bond donors (Lipinski definition) is 2. The lowest BCUT2D eigenvalue weighted by molar-refractivity contribution is 0.134. The van der Waals surface area contributed by atoms with E-state index >= 15 is 0 Å². The highest BCUT2D eigenvalue weighted by atomic mass is 16.5. The molecule has 1 aromatic heterocycles. The molecule has 23 heavy (non-hydrogen) atoms. The van der Waals surface area contributed by atoms with Gasteiger partial charge in [-0.1, -0.05) is 20.8 Å². The average molecular weight is 320 g/mol. The topological polar surface area (TPSA) is 53.2 Å². The number of rotatable bonds is 6. The Morgan fingerprint density at radius 1 is 1.39 bits per heavy atom. The molecule has 2 saturated heterocycles. The third kappa shape index (κ3) is 4.14. The van der Waals surface area contributed by atoms with Crippen LogP contribution in [0.25, 0.3) is 0 Å². The molecule has 0 spiro atoms. The van der Waals surface area contributed by atoms with Crippen LogP contribution in [-0.2, 0) is 16.7 Å². The van der Waals surface area contributed by atoms with Crippen LogP contribution >= 0.6 is 0 Å². The molecule has 2 aliphatic heterocycles. The summed E-state index contributed by atoms with van der Waals surface area (Å²) in [6.45, 7) is 13.0. The van der Waals surface area contributed by atoms with E-state index in [1.165, 1.54) is 43.6 Å². The molecule has 2 aliphatic rings. The molecular weight excluding hydrogens is 288 g/mol. The van der Waals surface area contributed by atoms with E-state index in [0.29, 0.717) is 12.0 Å². The number of likely N-dealkylation sites (tertiary alicyclic amines) is 1. The third-order valence-electron chi connectivity index (χ3n) is 5.26. The van der Waals surface area contributed by atoms with Crippen molar-refractivity contribution >= 4 is 0 Å². The van der Waals surface area contributed by atoms with Crippen molar-refractivity contribution in [2.45, 2.75) is 58.0 Å². The zero-order valence-electron chi connectivity index (χ0n) is 14.9. The Kier molecular flexibility index (Phi) is 5.39. The summed E-state index contributed by atoms with van der Waals surface area (Å²) >= 11 is 0. The molecule has 3 heterocycles. The summed E-state index contributed by atoms with van der Waals surface area (Å²) in [5.41, 5.74) is 2.65. The summed E-state index contributed by atoms with van der Waals surface area (Å²) < 4.78 is 5.64. The summed E-state index contributed by atoms with van der Waals surface area (Å²) in [7, 11) is 0. The van der Waals surface area contributed by atoms with Crippen LogP contribution in [-0.4, -0.2) is 54.0 Å². The largest absolute Gasteiger partial charge is 0.381 e. The quantitative estimate of drug-likeness (QED) is 0.844. The van der Waals surface area contributed by atoms with Crippen LogP contribution in [0.1, 0.15) is 51.3 Å². The van der Waals surface area contributed by atoms with E-state index in [9.17, 15) is 0 Å². The van der Waals surface area contributed by atoms with Crippen LogP contribution in [0.2, 0.25) is 0 Å². The van der Waals surface area contributed by atoms with Crippen molar-refractivity contribution in [3.63, 3.8) is 0 Å². The van der Waals surface area contributed by atoms with E-state index in [1.54, 1.807) is 0 Å². The van der Waals surface area contributed by atoms with Crippen molar-refractivity contribution in [3.8, 4) is 0 Å². The predicted octanol–water partition coefficient (Wildman–Crippen LogP) is 2.30. The molecule has 0 saturated carbocycles. The summed E-state index contributed by atoms with van der Waals surface area (Å²) in [5, 5.41) is 11.1. The van der Waals surface area contributed by atoms with Gasteiger partial charge in [-0.2, -0.15) is 5.10 Å². The summed E-state index contributed by atoms with van der Waals surface area (Å²) in [6.07, 6.45) is 5.87. The zero-order chi connectivity index (χ0) is 16.3. The molecule has 130 valence electrons. The number of aromatic nitrogens is 2. The third-order valence-corrected chi connectivity index (χ3v) is 5.26. The second-order valence-electron chi connectivity index (χ2n) is 8.09. The Balaban J connectivity index is 1.57. The molecule has 0 aromatic carbocycles. The molecule has 0 aliphatic carbocycles. The highest BCUT2D eigenvalue weighted by Crippen LogP contribution is 2.25. The first kappa shape index (κ1) is 16.9. The maximum Gasteiger partial charge on any atom is 0.0535 e. The van der Waals surface area contributed by atoms with E-state index in [-0.39, 0.29) is 5.41 Å². The molecule has 3 rings (SSSR count). The van der Waals surface area contributed by atoms with Crippen LogP contribution in [0, 0.1) is 5.92 Å². The highest BCUT2D eigenvalue weighted by molar-refractivity contribution is 5.23. The lowest BCUT2D eigenvalue weighted by Gasteiger charge is -2.32. The van der Waals surface area contributed by atoms with Crippen LogP contribution in [0.4, 0.5) is 0 Å². The molecule has 0 bridgehead atoms. The highest BCUT2D eigenvalue weighted by Gasteiger charge is 2.31. The van der Waals surface area contributed by atoms with E-state index in [1.807, 2.05) is 6.20 Å². The van der Waals surface area contributed by atoms with Crippen LogP contribution in [0.15, 0.2) is 6.20 Å². The van der Waals surface area contributed by atoms with E-state index in [2.05, 4.69) is 41.2 Å². The van der Waals surface area contributed by atoms with Gasteiger partial charge in [-0.05, 0) is 32.4 Å². The summed E-state index contributed by atoms with van der Waals surface area (Å²) in [5.74, 6) is 0.687. The smallest absolute Gasteiger partial charge is 0.0535 e. The van der Waals surface area contributed by atoms with Crippen molar-refractivity contribution < 1.29 is 4.74 Å². The van der Waals surface area contributed by atoms with E-state index in [4.69, 9.17) is 4.74 Å². The van der Waals surface area contributed by atoms with Gasteiger partial charge in [0.2, 0.25) is 0 Å². The Hall–Kier alpha value is -0.910. The molecular formula is C18H32N4O. The lowest BCUT2D eigenvalue weighted by atomic mass is 9.89. The van der Waals surface area contributed by atoms with Gasteiger partial charge >= 0.3 is 0 Å². The first-order chi connectivity index (χ1) is 11.1. The minimum atomic E-state index is 0.112. The summed E-state index contributed by atoms with van der Waals surface area (Å²) in [6, 6.07) is 0.616. The fraction of sp³-hybridized carbons (Fsp3) is 0.833.